The van der Waals surface area contributed by atoms with Crippen molar-refractivity contribution < 1.29 is 19.1 Å². The zero-order valence-corrected chi connectivity index (χ0v) is 17.4. The molecule has 0 bridgehead atoms. The van der Waals surface area contributed by atoms with E-state index in [1.54, 1.807) is 42.5 Å². The van der Waals surface area contributed by atoms with E-state index in [1.807, 2.05) is 0 Å². The number of benzene rings is 2. The van der Waals surface area contributed by atoms with Crippen molar-refractivity contribution in [2.45, 2.75) is 25.7 Å². The number of fused-ring (bicyclic) bond motifs is 1. The average Bonchev–Trinajstić information content (AvgIpc) is 2.99. The van der Waals surface area contributed by atoms with E-state index in [1.165, 1.54) is 12.0 Å². The van der Waals surface area contributed by atoms with E-state index < -0.39 is 0 Å². The fourth-order valence-electron chi connectivity index (χ4n) is 4.41. The molecule has 7 heteroatoms. The predicted octanol–water partition coefficient (Wildman–Crippen LogP) is 4.39. The first-order valence-corrected chi connectivity index (χ1v) is 10.5. The Morgan fingerprint density at radius 2 is 1.77 bits per heavy atom. The van der Waals surface area contributed by atoms with Crippen LogP contribution in [0, 0.1) is 11.8 Å². The second kappa shape index (κ2) is 8.48. The van der Waals surface area contributed by atoms with Crippen molar-refractivity contribution in [1.29, 1.82) is 0 Å². The van der Waals surface area contributed by atoms with Crippen LogP contribution in [-0.4, -0.2) is 36.3 Å². The minimum Gasteiger partial charge on any atom is -0.495 e. The number of amides is 3. The molecule has 2 aromatic rings. The van der Waals surface area contributed by atoms with Gasteiger partial charge < -0.3 is 10.1 Å². The molecule has 1 fully saturated rings. The minimum absolute atomic E-state index is 0.0915. The zero-order chi connectivity index (χ0) is 21.3. The van der Waals surface area contributed by atoms with Crippen molar-refractivity contribution in [3.8, 4) is 5.75 Å². The Morgan fingerprint density at radius 1 is 1.10 bits per heavy atom. The highest BCUT2D eigenvalue weighted by molar-refractivity contribution is 6.31. The average molecular weight is 427 g/mol. The second-order valence-corrected chi connectivity index (χ2v) is 8.19. The minimum atomic E-state index is -0.299. The molecule has 2 atom stereocenters. The molecular formula is C23H23ClN2O4. The van der Waals surface area contributed by atoms with E-state index in [2.05, 4.69) is 5.32 Å². The third kappa shape index (κ3) is 3.79. The third-order valence-corrected chi connectivity index (χ3v) is 6.20. The molecule has 3 amide bonds. The molecule has 6 nitrogen and oxygen atoms in total. The Balaban J connectivity index is 1.51. The van der Waals surface area contributed by atoms with Crippen LogP contribution in [0.5, 0.6) is 5.75 Å². The Hall–Kier alpha value is -2.86. The number of methoxy groups -OCH3 is 1. The van der Waals surface area contributed by atoms with Gasteiger partial charge in [-0.05, 0) is 49.1 Å². The van der Waals surface area contributed by atoms with Crippen molar-refractivity contribution in [3.63, 3.8) is 0 Å². The summed E-state index contributed by atoms with van der Waals surface area (Å²) in [5.74, 6) is -0.566. The summed E-state index contributed by atoms with van der Waals surface area (Å²) in [7, 11) is 1.53. The second-order valence-electron chi connectivity index (χ2n) is 7.75. The molecule has 156 valence electrons. The lowest BCUT2D eigenvalue weighted by Gasteiger charge is -2.33. The molecule has 1 N–H and O–H groups in total. The molecule has 0 saturated heterocycles. The maximum atomic E-state index is 13.1. The highest BCUT2D eigenvalue weighted by Crippen LogP contribution is 2.35. The van der Waals surface area contributed by atoms with Crippen LogP contribution in [0.1, 0.15) is 46.4 Å². The van der Waals surface area contributed by atoms with Gasteiger partial charge in [-0.3, -0.25) is 19.3 Å². The van der Waals surface area contributed by atoms with Crippen LogP contribution in [0.4, 0.5) is 5.69 Å². The summed E-state index contributed by atoms with van der Waals surface area (Å²) in [4.78, 5) is 39.9. The Kier molecular flexibility index (Phi) is 5.77. The third-order valence-electron chi connectivity index (χ3n) is 5.96. The van der Waals surface area contributed by atoms with Crippen molar-refractivity contribution in [3.05, 3.63) is 58.6 Å². The van der Waals surface area contributed by atoms with Gasteiger partial charge in [0, 0.05) is 17.5 Å². The lowest BCUT2D eigenvalue weighted by atomic mass is 9.78. The van der Waals surface area contributed by atoms with Gasteiger partial charge in [-0.25, -0.2) is 0 Å². The van der Waals surface area contributed by atoms with Crippen LogP contribution in [-0.2, 0) is 4.79 Å². The number of hydrogen-bond donors (Lipinski definition) is 1. The zero-order valence-electron chi connectivity index (χ0n) is 16.7. The van der Waals surface area contributed by atoms with Gasteiger partial charge in [0.1, 0.15) is 5.75 Å². The van der Waals surface area contributed by atoms with E-state index in [9.17, 15) is 14.4 Å². The highest BCUT2D eigenvalue weighted by atomic mass is 35.5. The molecule has 1 heterocycles. The van der Waals surface area contributed by atoms with E-state index >= 15 is 0 Å². The number of nitrogens with one attached hydrogen (secondary N) is 1. The Morgan fingerprint density at radius 3 is 2.43 bits per heavy atom. The first-order valence-electron chi connectivity index (χ1n) is 10.1. The maximum absolute atomic E-state index is 13.1. The van der Waals surface area contributed by atoms with Crippen LogP contribution in [0.2, 0.25) is 5.02 Å². The summed E-state index contributed by atoms with van der Waals surface area (Å²) < 4.78 is 5.32. The fourth-order valence-corrected chi connectivity index (χ4v) is 4.59. The number of carbonyl (C=O) groups is 3. The van der Waals surface area contributed by atoms with E-state index in [-0.39, 0.29) is 36.1 Å². The van der Waals surface area contributed by atoms with E-state index in [0.29, 0.717) is 34.0 Å². The lowest BCUT2D eigenvalue weighted by Crippen LogP contribution is -2.41. The Bertz CT molecular complexity index is 971. The molecule has 2 aromatic carbocycles. The van der Waals surface area contributed by atoms with Crippen molar-refractivity contribution in [1.82, 2.24) is 4.90 Å². The van der Waals surface area contributed by atoms with Crippen molar-refractivity contribution in [2.75, 3.05) is 19.0 Å². The lowest BCUT2D eigenvalue weighted by molar-refractivity contribution is -0.122. The van der Waals surface area contributed by atoms with Gasteiger partial charge in [0.15, 0.2) is 0 Å². The number of carbonyl (C=O) groups excluding carboxylic acids is 3. The predicted molar refractivity (Wildman–Crippen MR) is 114 cm³/mol. The molecule has 0 radical (unpaired) electrons. The summed E-state index contributed by atoms with van der Waals surface area (Å²) in [5.41, 5.74) is 1.38. The van der Waals surface area contributed by atoms with Gasteiger partial charge in [0.2, 0.25) is 5.91 Å². The molecular weight excluding hydrogens is 404 g/mol. The molecule has 30 heavy (non-hydrogen) atoms. The van der Waals surface area contributed by atoms with Gasteiger partial charge in [0.25, 0.3) is 11.8 Å². The molecule has 4 rings (SSSR count). The van der Waals surface area contributed by atoms with Crippen molar-refractivity contribution >= 4 is 35.0 Å². The molecule has 1 aliphatic carbocycles. The van der Waals surface area contributed by atoms with Gasteiger partial charge in [-0.2, -0.15) is 0 Å². The molecule has 1 aliphatic heterocycles. The van der Waals surface area contributed by atoms with Crippen molar-refractivity contribution in [2.24, 2.45) is 11.8 Å². The van der Waals surface area contributed by atoms with Gasteiger partial charge >= 0.3 is 0 Å². The monoisotopic (exact) mass is 426 g/mol. The summed E-state index contributed by atoms with van der Waals surface area (Å²) in [6, 6.07) is 11.9. The normalized spacial score (nSPS) is 20.8. The summed E-state index contributed by atoms with van der Waals surface area (Å²) in [6.07, 6.45) is 3.40. The molecule has 0 aromatic heterocycles. The van der Waals surface area contributed by atoms with Crippen LogP contribution in [0.15, 0.2) is 42.5 Å². The van der Waals surface area contributed by atoms with Crippen LogP contribution in [0.25, 0.3) is 0 Å². The van der Waals surface area contributed by atoms with Crippen LogP contribution < -0.4 is 10.1 Å². The summed E-state index contributed by atoms with van der Waals surface area (Å²) in [6.45, 7) is 0.247. The number of anilines is 1. The summed E-state index contributed by atoms with van der Waals surface area (Å²) in [5, 5.41) is 3.43. The van der Waals surface area contributed by atoms with Crippen LogP contribution in [0.3, 0.4) is 0 Å². The molecule has 2 aliphatic rings. The number of ether oxygens (including phenoxy) is 1. The molecule has 2 unspecified atom stereocenters. The standard InChI is InChI=1S/C23H23ClN2O4/c1-30-20-11-10-15(24)12-19(20)25-21(27)16-7-3-2-6-14(16)13-26-22(28)17-8-4-5-9-18(17)23(26)29/h4-5,8-12,14,16H,2-3,6-7,13H2,1H3,(H,25,27). The topological polar surface area (TPSA) is 75.7 Å². The first kappa shape index (κ1) is 20.4. The highest BCUT2D eigenvalue weighted by Gasteiger charge is 2.40. The number of halogens is 1. The summed E-state index contributed by atoms with van der Waals surface area (Å²) >= 11 is 6.07. The number of nitrogens with zero attached hydrogens (tertiary/aromatic N) is 1. The number of rotatable bonds is 5. The molecule has 1 saturated carbocycles. The molecule has 0 spiro atoms. The van der Waals surface area contributed by atoms with E-state index in [4.69, 9.17) is 16.3 Å². The van der Waals surface area contributed by atoms with Gasteiger partial charge in [0.05, 0.1) is 23.9 Å². The fraction of sp³-hybridized carbons (Fsp3) is 0.348. The smallest absolute Gasteiger partial charge is 0.261 e. The van der Waals surface area contributed by atoms with Gasteiger partial charge in [-0.15, -0.1) is 0 Å². The number of imide groups is 1. The van der Waals surface area contributed by atoms with Gasteiger partial charge in [-0.1, -0.05) is 36.6 Å². The Labute approximate surface area is 180 Å². The quantitative estimate of drug-likeness (QED) is 0.719. The number of hydrogen-bond acceptors (Lipinski definition) is 4. The maximum Gasteiger partial charge on any atom is 0.261 e. The van der Waals surface area contributed by atoms with Crippen LogP contribution >= 0.6 is 11.6 Å². The first-order chi connectivity index (χ1) is 14.5. The SMILES string of the molecule is COc1ccc(Cl)cc1NC(=O)C1CCCCC1CN1C(=O)c2ccccc2C1=O. The largest absolute Gasteiger partial charge is 0.495 e. The van der Waals surface area contributed by atoms with E-state index in [0.717, 1.165) is 19.3 Å².